The standard InChI is InChI=1S/C14H18FNO4/c1-3-20-12-7-11(13(12)19-2)16-8-4-5-10(15)9(6-8)14(17)18/h4-6,11-13,16H,3,7H2,1-2H3,(H,17,18). The van der Waals surface area contributed by atoms with Crippen LogP contribution in [0.15, 0.2) is 18.2 Å². The quantitative estimate of drug-likeness (QED) is 0.837. The number of rotatable bonds is 6. The Morgan fingerprint density at radius 1 is 1.55 bits per heavy atom. The van der Waals surface area contributed by atoms with Crippen molar-refractivity contribution in [2.24, 2.45) is 0 Å². The molecule has 2 N–H and O–H groups in total. The average molecular weight is 283 g/mol. The molecule has 1 aliphatic rings. The number of carboxylic acids is 1. The molecule has 0 radical (unpaired) electrons. The molecule has 0 saturated heterocycles. The monoisotopic (exact) mass is 283 g/mol. The molecule has 6 heteroatoms. The van der Waals surface area contributed by atoms with Crippen LogP contribution < -0.4 is 5.32 Å². The van der Waals surface area contributed by atoms with E-state index >= 15 is 0 Å². The first-order chi connectivity index (χ1) is 9.56. The number of hydrogen-bond donors (Lipinski definition) is 2. The van der Waals surface area contributed by atoms with Crippen molar-refractivity contribution in [1.82, 2.24) is 0 Å². The minimum Gasteiger partial charge on any atom is -0.478 e. The van der Waals surface area contributed by atoms with E-state index in [0.29, 0.717) is 12.3 Å². The largest absolute Gasteiger partial charge is 0.478 e. The molecule has 20 heavy (non-hydrogen) atoms. The second-order valence-corrected chi connectivity index (χ2v) is 4.68. The molecule has 0 bridgehead atoms. The van der Waals surface area contributed by atoms with Crippen molar-refractivity contribution >= 4 is 11.7 Å². The minimum atomic E-state index is -1.28. The fourth-order valence-electron chi connectivity index (χ4n) is 2.41. The van der Waals surface area contributed by atoms with Crippen LogP contribution in [0.5, 0.6) is 0 Å². The number of carbonyl (C=O) groups is 1. The fraction of sp³-hybridized carbons (Fsp3) is 0.500. The first-order valence-corrected chi connectivity index (χ1v) is 6.50. The summed E-state index contributed by atoms with van der Waals surface area (Å²) in [6.45, 7) is 2.55. The van der Waals surface area contributed by atoms with Gasteiger partial charge in [-0.3, -0.25) is 0 Å². The zero-order valence-electron chi connectivity index (χ0n) is 11.4. The van der Waals surface area contributed by atoms with E-state index < -0.39 is 11.8 Å². The summed E-state index contributed by atoms with van der Waals surface area (Å²) in [5.41, 5.74) is 0.218. The second-order valence-electron chi connectivity index (χ2n) is 4.68. The van der Waals surface area contributed by atoms with Gasteiger partial charge in [-0.25, -0.2) is 9.18 Å². The van der Waals surface area contributed by atoms with Gasteiger partial charge in [-0.15, -0.1) is 0 Å². The number of halogens is 1. The van der Waals surface area contributed by atoms with Crippen molar-refractivity contribution in [1.29, 1.82) is 0 Å². The highest BCUT2D eigenvalue weighted by Gasteiger charge is 2.42. The van der Waals surface area contributed by atoms with Crippen LogP contribution in [0.3, 0.4) is 0 Å². The van der Waals surface area contributed by atoms with E-state index in [-0.39, 0.29) is 23.8 Å². The molecule has 1 saturated carbocycles. The zero-order valence-corrected chi connectivity index (χ0v) is 11.4. The van der Waals surface area contributed by atoms with Crippen molar-refractivity contribution in [2.75, 3.05) is 19.0 Å². The summed E-state index contributed by atoms with van der Waals surface area (Å²) >= 11 is 0. The number of aromatic carboxylic acids is 1. The molecule has 0 aromatic heterocycles. The Labute approximate surface area is 116 Å². The predicted octanol–water partition coefficient (Wildman–Crippen LogP) is 2.13. The lowest BCUT2D eigenvalue weighted by Crippen LogP contribution is -2.56. The highest BCUT2D eigenvalue weighted by atomic mass is 19.1. The number of anilines is 1. The summed E-state index contributed by atoms with van der Waals surface area (Å²) in [5.74, 6) is -2.03. The highest BCUT2D eigenvalue weighted by Crippen LogP contribution is 2.30. The lowest BCUT2D eigenvalue weighted by atomic mass is 9.85. The van der Waals surface area contributed by atoms with Crippen molar-refractivity contribution in [3.05, 3.63) is 29.6 Å². The van der Waals surface area contributed by atoms with E-state index in [4.69, 9.17) is 14.6 Å². The summed E-state index contributed by atoms with van der Waals surface area (Å²) in [4.78, 5) is 10.9. The third-order valence-electron chi connectivity index (χ3n) is 3.45. The highest BCUT2D eigenvalue weighted by molar-refractivity contribution is 5.89. The Bertz CT molecular complexity index is 494. The molecular formula is C14H18FNO4. The molecule has 0 spiro atoms. The molecule has 1 aliphatic carbocycles. The van der Waals surface area contributed by atoms with Gasteiger partial charge in [0.1, 0.15) is 11.9 Å². The van der Waals surface area contributed by atoms with Crippen LogP contribution in [0.4, 0.5) is 10.1 Å². The Morgan fingerprint density at radius 2 is 2.30 bits per heavy atom. The van der Waals surface area contributed by atoms with Crippen LogP contribution >= 0.6 is 0 Å². The van der Waals surface area contributed by atoms with Crippen LogP contribution in [-0.4, -0.2) is 43.0 Å². The van der Waals surface area contributed by atoms with Gasteiger partial charge in [-0.2, -0.15) is 0 Å². The molecule has 0 heterocycles. The number of carboxylic acid groups (broad SMARTS) is 1. The number of hydrogen-bond acceptors (Lipinski definition) is 4. The summed E-state index contributed by atoms with van der Waals surface area (Å²) in [5, 5.41) is 12.0. The molecule has 1 aromatic carbocycles. The number of ether oxygens (including phenoxy) is 2. The van der Waals surface area contributed by atoms with E-state index in [9.17, 15) is 9.18 Å². The fourth-order valence-corrected chi connectivity index (χ4v) is 2.41. The number of methoxy groups -OCH3 is 1. The molecule has 1 fully saturated rings. The van der Waals surface area contributed by atoms with E-state index in [1.165, 1.54) is 12.1 Å². The Morgan fingerprint density at radius 3 is 2.90 bits per heavy atom. The molecule has 1 aromatic rings. The van der Waals surface area contributed by atoms with Crippen LogP contribution in [0, 0.1) is 5.82 Å². The van der Waals surface area contributed by atoms with Gasteiger partial charge in [0, 0.05) is 19.4 Å². The van der Waals surface area contributed by atoms with Crippen LogP contribution in [0.1, 0.15) is 23.7 Å². The van der Waals surface area contributed by atoms with Crippen molar-refractivity contribution in [3.8, 4) is 0 Å². The maximum Gasteiger partial charge on any atom is 0.338 e. The van der Waals surface area contributed by atoms with Crippen LogP contribution in [0.25, 0.3) is 0 Å². The van der Waals surface area contributed by atoms with Gasteiger partial charge in [0.2, 0.25) is 0 Å². The molecular weight excluding hydrogens is 265 g/mol. The molecule has 3 atom stereocenters. The third kappa shape index (κ3) is 2.91. The zero-order chi connectivity index (χ0) is 14.7. The first-order valence-electron chi connectivity index (χ1n) is 6.50. The lowest BCUT2D eigenvalue weighted by Gasteiger charge is -2.43. The average Bonchev–Trinajstić information content (AvgIpc) is 2.39. The normalized spacial score (nSPS) is 25.1. The number of benzene rings is 1. The van der Waals surface area contributed by atoms with Gasteiger partial charge < -0.3 is 19.9 Å². The van der Waals surface area contributed by atoms with Gasteiger partial charge in [0.15, 0.2) is 0 Å². The second kappa shape index (κ2) is 6.19. The van der Waals surface area contributed by atoms with Crippen LogP contribution in [-0.2, 0) is 9.47 Å². The van der Waals surface area contributed by atoms with Gasteiger partial charge in [0.25, 0.3) is 0 Å². The molecule has 2 rings (SSSR count). The summed E-state index contributed by atoms with van der Waals surface area (Å²) in [6, 6.07) is 3.98. The maximum absolute atomic E-state index is 13.3. The van der Waals surface area contributed by atoms with Gasteiger partial charge in [-0.1, -0.05) is 0 Å². The molecule has 0 amide bonds. The topological polar surface area (TPSA) is 67.8 Å². The van der Waals surface area contributed by atoms with Gasteiger partial charge in [0.05, 0.1) is 17.7 Å². The van der Waals surface area contributed by atoms with Crippen LogP contribution in [0.2, 0.25) is 0 Å². The summed E-state index contributed by atoms with van der Waals surface area (Å²) in [7, 11) is 1.61. The van der Waals surface area contributed by atoms with Gasteiger partial charge >= 0.3 is 5.97 Å². The SMILES string of the molecule is CCOC1CC(Nc2ccc(F)c(C(=O)O)c2)C1OC. The summed E-state index contributed by atoms with van der Waals surface area (Å²) in [6.07, 6.45) is 0.724. The molecule has 3 unspecified atom stereocenters. The van der Waals surface area contributed by atoms with Crippen molar-refractivity contribution < 1.29 is 23.8 Å². The van der Waals surface area contributed by atoms with Crippen molar-refractivity contribution in [3.63, 3.8) is 0 Å². The van der Waals surface area contributed by atoms with E-state index in [1.54, 1.807) is 7.11 Å². The Kier molecular flexibility index (Phi) is 4.57. The maximum atomic E-state index is 13.3. The third-order valence-corrected chi connectivity index (χ3v) is 3.45. The van der Waals surface area contributed by atoms with Crippen molar-refractivity contribution in [2.45, 2.75) is 31.6 Å². The minimum absolute atomic E-state index is 0.0312. The molecule has 5 nitrogen and oxygen atoms in total. The Hall–Kier alpha value is -1.66. The molecule has 110 valence electrons. The van der Waals surface area contributed by atoms with E-state index in [0.717, 1.165) is 12.5 Å². The smallest absolute Gasteiger partial charge is 0.338 e. The predicted molar refractivity (Wildman–Crippen MR) is 71.6 cm³/mol. The van der Waals surface area contributed by atoms with E-state index in [1.807, 2.05) is 6.92 Å². The number of nitrogens with one attached hydrogen (secondary N) is 1. The van der Waals surface area contributed by atoms with Gasteiger partial charge in [-0.05, 0) is 31.5 Å². The lowest BCUT2D eigenvalue weighted by molar-refractivity contribution is -0.118. The molecule has 0 aliphatic heterocycles. The van der Waals surface area contributed by atoms with E-state index in [2.05, 4.69) is 5.32 Å². The summed E-state index contributed by atoms with van der Waals surface area (Å²) < 4.78 is 24.2. The Balaban J connectivity index is 2.04. The first kappa shape index (κ1) is 14.7.